The molecule has 3 rings (SSSR count). The molecule has 0 spiro atoms. The largest absolute Gasteiger partial charge is 0.472 e. The van der Waals surface area contributed by atoms with Crippen molar-refractivity contribution in [3.05, 3.63) is 24.3 Å². The van der Waals surface area contributed by atoms with Gasteiger partial charge in [0.25, 0.3) is 0 Å². The fourth-order valence-corrected chi connectivity index (χ4v) is 15.7. The fraction of sp³-hybridized carbons (Fsp3) is 0.908. The van der Waals surface area contributed by atoms with Crippen molar-refractivity contribution in [3.63, 3.8) is 0 Å². The van der Waals surface area contributed by atoms with Crippen LogP contribution in [0.4, 0.5) is 0 Å². The number of allylic oxidation sites excluding steroid dienone is 4. The van der Waals surface area contributed by atoms with Crippen molar-refractivity contribution in [2.45, 2.75) is 479 Å². The van der Waals surface area contributed by atoms with E-state index in [0.717, 1.165) is 135 Å². The number of ether oxygens (including phenoxy) is 8. The SMILES string of the molecule is CCCCCC/C=C\CCCCCCCCCC(=O)OC1C(O)C(O)C(OC2OC(CO)C(O)C(O)C2O)C(OP(=O)(O)OCC(COC(=O)CCCCCCCCCCCCCCC)OC(=O)CCCCCCCCCCCCCCC)C1OC1OC(COC(=O)CCCCC/C=C\CCCCCCCC)C(O)C(O)C1O. The molecule has 0 bridgehead atoms. The zero-order chi connectivity index (χ0) is 82.5. The van der Waals surface area contributed by atoms with Crippen molar-refractivity contribution in [1.29, 1.82) is 0 Å². The minimum atomic E-state index is -5.80. The second kappa shape index (κ2) is 66.7. The molecule has 0 amide bonds. The summed E-state index contributed by atoms with van der Waals surface area (Å²) in [6, 6.07) is 0. The van der Waals surface area contributed by atoms with E-state index in [2.05, 4.69) is 52.0 Å². The quantitative estimate of drug-likeness (QED) is 0.00889. The Balaban J connectivity index is 1.94. The maximum atomic E-state index is 14.9. The van der Waals surface area contributed by atoms with Gasteiger partial charge < -0.3 is 88.7 Å². The van der Waals surface area contributed by atoms with Crippen LogP contribution in [-0.2, 0) is 70.7 Å². The number of phosphoric ester groups is 1. The first-order chi connectivity index (χ1) is 54.7. The molecular formula is C87H159O25P. The van der Waals surface area contributed by atoms with Crippen LogP contribution in [0.15, 0.2) is 24.3 Å². The molecule has 1 aliphatic carbocycles. The van der Waals surface area contributed by atoms with Crippen LogP contribution in [0.1, 0.15) is 374 Å². The lowest BCUT2D eigenvalue weighted by atomic mass is 9.84. The number of phosphoric acid groups is 1. The number of unbranched alkanes of at least 4 members (excludes halogenated alkanes) is 44. The molecule has 2 saturated heterocycles. The number of hydrogen-bond acceptors (Lipinski definition) is 24. The highest BCUT2D eigenvalue weighted by Gasteiger charge is 2.60. The van der Waals surface area contributed by atoms with Gasteiger partial charge >= 0.3 is 31.7 Å². The Morgan fingerprint density at radius 2 is 0.664 bits per heavy atom. The summed E-state index contributed by atoms with van der Waals surface area (Å²) in [6.45, 7) is 5.54. The van der Waals surface area contributed by atoms with E-state index < -0.39 is 162 Å². The van der Waals surface area contributed by atoms with E-state index in [1.54, 1.807) is 0 Å². The highest BCUT2D eigenvalue weighted by atomic mass is 31.2. The van der Waals surface area contributed by atoms with Gasteiger partial charge in [0.05, 0.1) is 13.2 Å². The number of carbonyl (C=O) groups excluding carboxylic acids is 4. The molecular weight excluding hydrogens is 1480 g/mol. The minimum absolute atomic E-state index is 0.00630. The van der Waals surface area contributed by atoms with Gasteiger partial charge in [0.1, 0.15) is 92.6 Å². The Morgan fingerprint density at radius 3 is 1.07 bits per heavy atom. The molecule has 25 nitrogen and oxygen atoms in total. The highest BCUT2D eigenvalue weighted by Crippen LogP contribution is 2.49. The summed E-state index contributed by atoms with van der Waals surface area (Å²) >= 11 is 0. The van der Waals surface area contributed by atoms with E-state index in [1.807, 2.05) is 0 Å². The first kappa shape index (κ1) is 104. The average molecular weight is 1640 g/mol. The molecule has 0 aromatic heterocycles. The van der Waals surface area contributed by atoms with Crippen molar-refractivity contribution in [2.75, 3.05) is 26.4 Å². The molecule has 0 aromatic rings. The van der Waals surface area contributed by atoms with Crippen LogP contribution in [0, 0.1) is 0 Å². The molecule has 113 heavy (non-hydrogen) atoms. The van der Waals surface area contributed by atoms with E-state index in [9.17, 15) is 74.6 Å². The maximum Gasteiger partial charge on any atom is 0.472 e. The van der Waals surface area contributed by atoms with E-state index in [-0.39, 0.29) is 25.7 Å². The number of esters is 4. The monoisotopic (exact) mass is 1640 g/mol. The topological polar surface area (TPSA) is 380 Å². The molecule has 0 aromatic carbocycles. The van der Waals surface area contributed by atoms with Crippen molar-refractivity contribution in [2.24, 2.45) is 0 Å². The summed E-state index contributed by atoms with van der Waals surface area (Å²) in [7, 11) is -5.80. The van der Waals surface area contributed by atoms with Crippen LogP contribution >= 0.6 is 7.82 Å². The summed E-state index contributed by atoms with van der Waals surface area (Å²) in [4.78, 5) is 66.3. The summed E-state index contributed by atoms with van der Waals surface area (Å²) in [6.07, 6.45) is 24.8. The first-order valence-corrected chi connectivity index (χ1v) is 46.6. The number of carbonyl (C=O) groups is 4. The first-order valence-electron chi connectivity index (χ1n) is 45.1. The van der Waals surface area contributed by atoms with E-state index >= 15 is 0 Å². The molecule has 18 atom stereocenters. The summed E-state index contributed by atoms with van der Waals surface area (Å²) in [5, 5.41) is 102. The molecule has 10 N–H and O–H groups in total. The van der Waals surface area contributed by atoms with E-state index in [1.165, 1.54) is 148 Å². The third-order valence-corrected chi connectivity index (χ3v) is 22.9. The summed E-state index contributed by atoms with van der Waals surface area (Å²) in [5.41, 5.74) is 0. The molecule has 0 radical (unpaired) electrons. The predicted molar refractivity (Wildman–Crippen MR) is 435 cm³/mol. The molecule has 1 saturated carbocycles. The Morgan fingerprint density at radius 1 is 0.345 bits per heavy atom. The van der Waals surface area contributed by atoms with Gasteiger partial charge in [0, 0.05) is 25.7 Å². The predicted octanol–water partition coefficient (Wildman–Crippen LogP) is 15.8. The van der Waals surface area contributed by atoms with Gasteiger partial charge in [-0.3, -0.25) is 28.2 Å². The van der Waals surface area contributed by atoms with Crippen LogP contribution in [0.3, 0.4) is 0 Å². The molecule has 18 unspecified atom stereocenters. The molecule has 3 aliphatic rings. The smallest absolute Gasteiger partial charge is 0.463 e. The van der Waals surface area contributed by atoms with Gasteiger partial charge in [-0.15, -0.1) is 0 Å². The zero-order valence-electron chi connectivity index (χ0n) is 70.2. The Hall–Kier alpha value is -3.05. The van der Waals surface area contributed by atoms with Crippen molar-refractivity contribution < 1.29 is 122 Å². The van der Waals surface area contributed by atoms with Gasteiger partial charge in [-0.2, -0.15) is 0 Å². The third kappa shape index (κ3) is 47.5. The Bertz CT molecular complexity index is 2460. The fourth-order valence-electron chi connectivity index (χ4n) is 14.7. The van der Waals surface area contributed by atoms with Gasteiger partial charge in [-0.05, 0) is 77.0 Å². The molecule has 3 fully saturated rings. The van der Waals surface area contributed by atoms with Crippen LogP contribution in [0.5, 0.6) is 0 Å². The molecule has 662 valence electrons. The number of hydrogen-bond donors (Lipinski definition) is 10. The Kier molecular flexibility index (Phi) is 61.5. The second-order valence-electron chi connectivity index (χ2n) is 32.1. The van der Waals surface area contributed by atoms with Gasteiger partial charge in [0.15, 0.2) is 24.8 Å². The van der Waals surface area contributed by atoms with Crippen molar-refractivity contribution in [1.82, 2.24) is 0 Å². The van der Waals surface area contributed by atoms with E-state index in [4.69, 9.17) is 46.9 Å². The van der Waals surface area contributed by atoms with Crippen LogP contribution in [-0.4, -0.2) is 205 Å². The van der Waals surface area contributed by atoms with E-state index in [0.29, 0.717) is 38.5 Å². The van der Waals surface area contributed by atoms with Gasteiger partial charge in [-0.25, -0.2) is 4.57 Å². The standard InChI is InChI=1S/C87H159O25P/c1-5-9-13-17-21-25-29-33-34-38-42-46-50-54-58-62-73(92)109-82-78(97)79(98)83(110-86-80(99)76(95)74(93)68(63-88)107-86)85(84(82)111-87-81(100)77(96)75(94)69(108-87)66-104-71(90)60-56-52-48-44-40-36-31-27-23-19-15-11-7-3)112-113(101,102)105-65-67(106-72(91)61-57-53-49-45-41-37-32-28-24-20-16-12-8-4)64-103-70(89)59-55-51-47-43-39-35-30-26-22-18-14-10-6-2/h25,29,36,40,67-69,74-88,93-100H,5-24,26-28,30-35,37-39,41-66H2,1-4H3,(H,101,102)/b29-25-,40-36-. The van der Waals surface area contributed by atoms with Crippen LogP contribution in [0.2, 0.25) is 0 Å². The highest BCUT2D eigenvalue weighted by molar-refractivity contribution is 7.47. The lowest BCUT2D eigenvalue weighted by Gasteiger charge is -2.50. The van der Waals surface area contributed by atoms with Crippen molar-refractivity contribution in [3.8, 4) is 0 Å². The summed E-state index contributed by atoms with van der Waals surface area (Å²) < 4.78 is 73.2. The number of aliphatic hydroxyl groups excluding tert-OH is 9. The van der Waals surface area contributed by atoms with Gasteiger partial charge in [-0.1, -0.05) is 296 Å². The Labute approximate surface area is 679 Å². The minimum Gasteiger partial charge on any atom is -0.463 e. The lowest BCUT2D eigenvalue weighted by molar-refractivity contribution is -0.360. The molecule has 2 aliphatic heterocycles. The second-order valence-corrected chi connectivity index (χ2v) is 33.5. The third-order valence-electron chi connectivity index (χ3n) is 21.9. The van der Waals surface area contributed by atoms with Crippen LogP contribution < -0.4 is 0 Å². The molecule has 2 heterocycles. The normalized spacial score (nSPS) is 25.6. The average Bonchev–Trinajstić information content (AvgIpc) is 0.753. The lowest BCUT2D eigenvalue weighted by Crippen LogP contribution is -2.70. The zero-order valence-corrected chi connectivity index (χ0v) is 71.1. The van der Waals surface area contributed by atoms with Crippen LogP contribution in [0.25, 0.3) is 0 Å². The van der Waals surface area contributed by atoms with Crippen molar-refractivity contribution >= 4 is 31.7 Å². The maximum absolute atomic E-state index is 14.9. The molecule has 26 heteroatoms. The number of rotatable bonds is 72. The van der Waals surface area contributed by atoms with Gasteiger partial charge in [0.2, 0.25) is 0 Å². The number of aliphatic hydroxyl groups is 9. The summed E-state index contributed by atoms with van der Waals surface area (Å²) in [5.74, 6) is -2.98.